The Kier molecular flexibility index (Phi) is 4.70. The normalized spacial score (nSPS) is 9.94. The second-order valence-electron chi connectivity index (χ2n) is 3.51. The molecule has 0 amide bonds. The van der Waals surface area contributed by atoms with E-state index in [9.17, 15) is 0 Å². The smallest absolute Gasteiger partial charge is 0.164 e. The van der Waals surface area contributed by atoms with E-state index >= 15 is 0 Å². The van der Waals surface area contributed by atoms with Gasteiger partial charge in [-0.3, -0.25) is 0 Å². The van der Waals surface area contributed by atoms with Crippen LogP contribution in [-0.4, -0.2) is 14.8 Å². The van der Waals surface area contributed by atoms with E-state index in [1.807, 2.05) is 44.5 Å². The van der Waals surface area contributed by atoms with Gasteiger partial charge in [-0.1, -0.05) is 32.0 Å². The first-order valence-electron chi connectivity index (χ1n) is 5.81. The highest BCUT2D eigenvalue weighted by Crippen LogP contribution is 2.25. The zero-order valence-corrected chi connectivity index (χ0v) is 11.5. The zero-order valence-electron chi connectivity index (χ0n) is 10.8. The molecule has 0 radical (unpaired) electrons. The summed E-state index contributed by atoms with van der Waals surface area (Å²) >= 11 is 6.11. The van der Waals surface area contributed by atoms with Gasteiger partial charge in [-0.05, 0) is 25.5 Å². The van der Waals surface area contributed by atoms with Gasteiger partial charge in [-0.15, -0.1) is 10.2 Å². The molecule has 0 aliphatic carbocycles. The van der Waals surface area contributed by atoms with Gasteiger partial charge in [0.1, 0.15) is 0 Å². The summed E-state index contributed by atoms with van der Waals surface area (Å²) in [5.41, 5.74) is 2.51. The van der Waals surface area contributed by atoms with Gasteiger partial charge < -0.3 is 4.57 Å². The van der Waals surface area contributed by atoms with Crippen molar-refractivity contribution < 1.29 is 0 Å². The first-order valence-corrected chi connectivity index (χ1v) is 6.19. The molecule has 0 bridgehead atoms. The molecule has 92 valence electrons. The van der Waals surface area contributed by atoms with Crippen molar-refractivity contribution in [3.8, 4) is 0 Å². The number of halogens is 1. The number of hydrogen-bond donors (Lipinski definition) is 0. The lowest BCUT2D eigenvalue weighted by atomic mass is 10.2. The Morgan fingerprint density at radius 1 is 1.41 bits per heavy atom. The Hall–Kier alpha value is -1.35. The van der Waals surface area contributed by atoms with E-state index in [1.54, 1.807) is 0 Å². The van der Waals surface area contributed by atoms with Gasteiger partial charge in [-0.25, -0.2) is 0 Å². The van der Waals surface area contributed by atoms with Crippen LogP contribution in [0.3, 0.4) is 0 Å². The summed E-state index contributed by atoms with van der Waals surface area (Å²) in [7, 11) is 0. The van der Waals surface area contributed by atoms with Crippen molar-refractivity contribution in [2.45, 2.75) is 34.2 Å². The molecule has 0 unspecified atom stereocenters. The topological polar surface area (TPSA) is 30.7 Å². The second-order valence-corrected chi connectivity index (χ2v) is 3.92. The summed E-state index contributed by atoms with van der Waals surface area (Å²) in [6, 6.07) is 1.93. The molecule has 3 nitrogen and oxygen atoms in total. The van der Waals surface area contributed by atoms with E-state index < -0.39 is 0 Å². The van der Waals surface area contributed by atoms with E-state index in [1.165, 1.54) is 0 Å². The lowest BCUT2D eigenvalue weighted by molar-refractivity contribution is 0.778. The highest BCUT2D eigenvalue weighted by atomic mass is 35.5. The SMILES string of the molecule is C=C(C)c1cc2c(Cl)cn(CC)c2nn1.CC. The fourth-order valence-electron chi connectivity index (χ4n) is 1.49. The molecule has 2 rings (SSSR count). The minimum absolute atomic E-state index is 0.712. The Morgan fingerprint density at radius 3 is 2.59 bits per heavy atom. The number of nitrogens with zero attached hydrogens (tertiary/aromatic N) is 3. The molecule has 4 heteroatoms. The van der Waals surface area contributed by atoms with Crippen molar-refractivity contribution in [2.75, 3.05) is 0 Å². The maximum Gasteiger partial charge on any atom is 0.164 e. The van der Waals surface area contributed by atoms with E-state index in [0.717, 1.165) is 28.8 Å². The maximum atomic E-state index is 6.11. The molecular formula is C13H18ClN3. The molecule has 0 atom stereocenters. The first-order chi connectivity index (χ1) is 8.13. The Morgan fingerprint density at radius 2 is 2.06 bits per heavy atom. The molecule has 2 aromatic heterocycles. The van der Waals surface area contributed by atoms with Gasteiger partial charge in [0.05, 0.1) is 10.7 Å². The molecule has 0 aliphatic heterocycles. The summed E-state index contributed by atoms with van der Waals surface area (Å²) in [5.74, 6) is 0. The molecule has 0 saturated heterocycles. The molecule has 0 aliphatic rings. The van der Waals surface area contributed by atoms with Crippen LogP contribution in [0.15, 0.2) is 18.8 Å². The van der Waals surface area contributed by atoms with Crippen molar-refractivity contribution in [1.82, 2.24) is 14.8 Å². The molecule has 0 N–H and O–H groups in total. The van der Waals surface area contributed by atoms with Gasteiger partial charge in [0.2, 0.25) is 0 Å². The second kappa shape index (κ2) is 5.82. The van der Waals surface area contributed by atoms with Crippen LogP contribution in [0, 0.1) is 0 Å². The molecule has 17 heavy (non-hydrogen) atoms. The van der Waals surface area contributed by atoms with Gasteiger partial charge in [0.15, 0.2) is 5.65 Å². The number of aromatic nitrogens is 3. The van der Waals surface area contributed by atoms with Gasteiger partial charge in [-0.2, -0.15) is 0 Å². The Balaban J connectivity index is 0.000000686. The van der Waals surface area contributed by atoms with Crippen molar-refractivity contribution in [2.24, 2.45) is 0 Å². The largest absolute Gasteiger partial charge is 0.330 e. The summed E-state index contributed by atoms with van der Waals surface area (Å²) in [6.07, 6.45) is 1.88. The highest BCUT2D eigenvalue weighted by molar-refractivity contribution is 6.35. The minimum atomic E-state index is 0.712. The van der Waals surface area contributed by atoms with Crippen molar-refractivity contribution >= 4 is 28.2 Å². The van der Waals surface area contributed by atoms with Crippen LogP contribution >= 0.6 is 11.6 Å². The van der Waals surface area contributed by atoms with Crippen molar-refractivity contribution in [3.63, 3.8) is 0 Å². The summed E-state index contributed by atoms with van der Waals surface area (Å²) in [6.45, 7) is 12.6. The number of aryl methyl sites for hydroxylation is 1. The molecular weight excluding hydrogens is 234 g/mol. The quantitative estimate of drug-likeness (QED) is 0.802. The average molecular weight is 252 g/mol. The Labute approximate surface area is 107 Å². The Bertz CT molecular complexity index is 529. The predicted molar refractivity (Wildman–Crippen MR) is 74.3 cm³/mol. The highest BCUT2D eigenvalue weighted by Gasteiger charge is 2.09. The molecule has 0 aromatic carbocycles. The molecule has 2 aromatic rings. The molecule has 0 spiro atoms. The number of fused-ring (bicyclic) bond motifs is 1. The van der Waals surface area contributed by atoms with Crippen molar-refractivity contribution in [1.29, 1.82) is 0 Å². The van der Waals surface area contributed by atoms with Crippen LogP contribution in [0.4, 0.5) is 0 Å². The van der Waals surface area contributed by atoms with E-state index in [2.05, 4.69) is 16.8 Å². The van der Waals surface area contributed by atoms with Crippen LogP contribution in [0.2, 0.25) is 5.02 Å². The average Bonchev–Trinajstić information content (AvgIpc) is 2.68. The third kappa shape index (κ3) is 2.67. The lowest BCUT2D eigenvalue weighted by Gasteiger charge is -2.00. The van der Waals surface area contributed by atoms with Crippen LogP contribution in [0.1, 0.15) is 33.4 Å². The maximum absolute atomic E-state index is 6.11. The van der Waals surface area contributed by atoms with Gasteiger partial charge in [0, 0.05) is 18.1 Å². The van der Waals surface area contributed by atoms with Gasteiger partial charge >= 0.3 is 0 Å². The monoisotopic (exact) mass is 251 g/mol. The van der Waals surface area contributed by atoms with Crippen LogP contribution in [-0.2, 0) is 6.54 Å². The van der Waals surface area contributed by atoms with E-state index in [-0.39, 0.29) is 0 Å². The summed E-state index contributed by atoms with van der Waals surface area (Å²) in [4.78, 5) is 0. The third-order valence-electron chi connectivity index (χ3n) is 2.35. The van der Waals surface area contributed by atoms with Gasteiger partial charge in [0.25, 0.3) is 0 Å². The fourth-order valence-corrected chi connectivity index (χ4v) is 1.75. The number of rotatable bonds is 2. The van der Waals surface area contributed by atoms with Crippen LogP contribution < -0.4 is 0 Å². The predicted octanol–water partition coefficient (Wildman–Crippen LogP) is 4.16. The lowest BCUT2D eigenvalue weighted by Crippen LogP contribution is -1.96. The van der Waals surface area contributed by atoms with Crippen LogP contribution in [0.25, 0.3) is 16.6 Å². The molecule has 2 heterocycles. The first kappa shape index (κ1) is 13.7. The minimum Gasteiger partial charge on any atom is -0.330 e. The third-order valence-corrected chi connectivity index (χ3v) is 2.65. The zero-order chi connectivity index (χ0) is 13.0. The fraction of sp³-hybridized carbons (Fsp3) is 0.385. The molecule has 0 saturated carbocycles. The number of allylic oxidation sites excluding steroid dienone is 1. The summed E-state index contributed by atoms with van der Waals surface area (Å²) in [5, 5.41) is 9.91. The van der Waals surface area contributed by atoms with E-state index in [0.29, 0.717) is 5.02 Å². The standard InChI is InChI=1S/C11H12ClN3.C2H6/c1-4-15-6-9(12)8-5-10(7(2)3)13-14-11(8)15;1-2/h5-6H,2,4H2,1,3H3;1-2H3. The van der Waals surface area contributed by atoms with E-state index in [4.69, 9.17) is 11.6 Å². The molecule has 0 fully saturated rings. The summed E-state index contributed by atoms with van der Waals surface area (Å²) < 4.78 is 1.98. The van der Waals surface area contributed by atoms with Crippen molar-refractivity contribution in [3.05, 3.63) is 29.6 Å². The number of hydrogen-bond acceptors (Lipinski definition) is 2. The van der Waals surface area contributed by atoms with Crippen LogP contribution in [0.5, 0.6) is 0 Å².